The molecule has 0 bridgehead atoms. The van der Waals surface area contributed by atoms with E-state index in [1.54, 1.807) is 23.6 Å². The summed E-state index contributed by atoms with van der Waals surface area (Å²) in [6.45, 7) is 3.20. The summed E-state index contributed by atoms with van der Waals surface area (Å²) in [6.07, 6.45) is 0. The van der Waals surface area contributed by atoms with Crippen molar-refractivity contribution in [3.05, 3.63) is 64.7 Å². The summed E-state index contributed by atoms with van der Waals surface area (Å²) in [5, 5.41) is 0.723. The molecule has 1 saturated heterocycles. The third-order valence-electron chi connectivity index (χ3n) is 4.70. The van der Waals surface area contributed by atoms with Gasteiger partial charge in [-0.25, -0.2) is 8.42 Å². The summed E-state index contributed by atoms with van der Waals surface area (Å²) in [6, 6.07) is 15.3. The third kappa shape index (κ3) is 5.29. The molecular weight excluding hydrogens is 416 g/mol. The molecule has 1 aliphatic rings. The van der Waals surface area contributed by atoms with Crippen LogP contribution in [0.25, 0.3) is 0 Å². The number of amides is 1. The number of carbonyl (C=O) groups excluding carboxylic acids is 1. The molecule has 1 aliphatic heterocycles. The largest absolute Gasteiger partial charge is 0.336 e. The van der Waals surface area contributed by atoms with Crippen LogP contribution in [-0.4, -0.2) is 55.5 Å². The second-order valence-corrected chi connectivity index (χ2v) is 10.3. The number of rotatable bonds is 6. The highest BCUT2D eigenvalue weighted by molar-refractivity contribution is 7.98. The molecule has 0 radical (unpaired) electrons. The lowest BCUT2D eigenvalue weighted by atomic mass is 10.1. The van der Waals surface area contributed by atoms with E-state index in [-0.39, 0.29) is 11.7 Å². The highest BCUT2D eigenvalue weighted by Crippen LogP contribution is 2.24. The molecule has 2 aromatic rings. The van der Waals surface area contributed by atoms with Crippen molar-refractivity contribution in [1.29, 1.82) is 0 Å². The van der Waals surface area contributed by atoms with E-state index in [1.807, 2.05) is 48.5 Å². The van der Waals surface area contributed by atoms with Crippen LogP contribution in [0.4, 0.5) is 0 Å². The summed E-state index contributed by atoms with van der Waals surface area (Å²) in [5.74, 6) is 0.852. The van der Waals surface area contributed by atoms with Crippen LogP contribution in [0.3, 0.4) is 0 Å². The second-order valence-electron chi connectivity index (χ2n) is 6.53. The number of carbonyl (C=O) groups is 1. The molecule has 8 heteroatoms. The summed E-state index contributed by atoms with van der Waals surface area (Å²) < 4.78 is 25.3. The van der Waals surface area contributed by atoms with Crippen LogP contribution in [0.2, 0.25) is 5.02 Å². The normalized spacial score (nSPS) is 15.6. The predicted octanol–water partition coefficient (Wildman–Crippen LogP) is 3.74. The summed E-state index contributed by atoms with van der Waals surface area (Å²) in [4.78, 5) is 15.6. The van der Waals surface area contributed by atoms with Crippen LogP contribution < -0.4 is 0 Å². The van der Waals surface area contributed by atoms with Gasteiger partial charge in [-0.2, -0.15) is 4.31 Å². The number of hydrogen-bond donors (Lipinski definition) is 0. The Bertz CT molecular complexity index is 907. The van der Waals surface area contributed by atoms with Gasteiger partial charge in [0.2, 0.25) is 10.0 Å². The van der Waals surface area contributed by atoms with E-state index in [4.69, 9.17) is 11.6 Å². The minimum Gasteiger partial charge on any atom is -0.336 e. The summed E-state index contributed by atoms with van der Waals surface area (Å²) in [7, 11) is -3.19. The van der Waals surface area contributed by atoms with Gasteiger partial charge in [0.05, 0.1) is 5.75 Å². The van der Waals surface area contributed by atoms with E-state index in [0.29, 0.717) is 31.7 Å². The fraction of sp³-hybridized carbons (Fsp3) is 0.350. The Hall–Kier alpha value is -1.54. The lowest BCUT2D eigenvalue weighted by Gasteiger charge is -2.33. The minimum absolute atomic E-state index is 0.0505. The van der Waals surface area contributed by atoms with Crippen molar-refractivity contribution in [3.8, 4) is 0 Å². The fourth-order valence-electron chi connectivity index (χ4n) is 2.98. The highest BCUT2D eigenvalue weighted by Gasteiger charge is 2.27. The van der Waals surface area contributed by atoms with E-state index >= 15 is 0 Å². The van der Waals surface area contributed by atoms with Crippen LogP contribution in [0, 0.1) is 0 Å². The van der Waals surface area contributed by atoms with Gasteiger partial charge in [0.25, 0.3) is 5.91 Å². The lowest BCUT2D eigenvalue weighted by Crippen LogP contribution is -2.50. The molecule has 0 spiro atoms. The first-order chi connectivity index (χ1) is 13.4. The molecule has 2 aromatic carbocycles. The molecule has 150 valence electrons. The summed E-state index contributed by atoms with van der Waals surface area (Å²) >= 11 is 7.61. The van der Waals surface area contributed by atoms with Crippen LogP contribution >= 0.6 is 23.4 Å². The van der Waals surface area contributed by atoms with Gasteiger partial charge in [-0.05, 0) is 48.9 Å². The average molecular weight is 439 g/mol. The standard InChI is InChI=1S/C20H23ClN2O3S2/c1-2-28(25,26)23-13-11-22(12-14-23)20(24)17-5-3-16(4-6-17)15-27-19-9-7-18(21)8-10-19/h3-10H,2,11-15H2,1H3. The van der Waals surface area contributed by atoms with Gasteiger partial charge in [-0.1, -0.05) is 23.7 Å². The van der Waals surface area contributed by atoms with Crippen molar-refractivity contribution in [2.24, 2.45) is 0 Å². The highest BCUT2D eigenvalue weighted by atomic mass is 35.5. The van der Waals surface area contributed by atoms with Crippen LogP contribution in [0.15, 0.2) is 53.4 Å². The van der Waals surface area contributed by atoms with E-state index < -0.39 is 10.0 Å². The summed E-state index contributed by atoms with van der Waals surface area (Å²) in [5.41, 5.74) is 1.77. The molecule has 1 fully saturated rings. The molecule has 28 heavy (non-hydrogen) atoms. The third-order valence-corrected chi connectivity index (χ3v) is 7.92. The van der Waals surface area contributed by atoms with Crippen LogP contribution in [0.1, 0.15) is 22.8 Å². The Morgan fingerprint density at radius 1 is 1.00 bits per heavy atom. The zero-order chi connectivity index (χ0) is 20.1. The Morgan fingerprint density at radius 3 is 2.18 bits per heavy atom. The molecule has 1 amide bonds. The maximum absolute atomic E-state index is 12.7. The van der Waals surface area contributed by atoms with Crippen molar-refractivity contribution < 1.29 is 13.2 Å². The maximum Gasteiger partial charge on any atom is 0.253 e. The Morgan fingerprint density at radius 2 is 1.61 bits per heavy atom. The van der Waals surface area contributed by atoms with Crippen molar-refractivity contribution in [1.82, 2.24) is 9.21 Å². The van der Waals surface area contributed by atoms with Crippen molar-refractivity contribution in [3.63, 3.8) is 0 Å². The van der Waals surface area contributed by atoms with Crippen molar-refractivity contribution in [2.45, 2.75) is 17.6 Å². The smallest absolute Gasteiger partial charge is 0.253 e. The quantitative estimate of drug-likeness (QED) is 0.644. The topological polar surface area (TPSA) is 57.7 Å². The van der Waals surface area contributed by atoms with Crippen LogP contribution in [0.5, 0.6) is 0 Å². The van der Waals surface area contributed by atoms with E-state index in [0.717, 1.165) is 21.2 Å². The van der Waals surface area contributed by atoms with Gasteiger partial charge in [0.15, 0.2) is 0 Å². The van der Waals surface area contributed by atoms with E-state index in [9.17, 15) is 13.2 Å². The molecule has 5 nitrogen and oxygen atoms in total. The van der Waals surface area contributed by atoms with Gasteiger partial charge in [-0.3, -0.25) is 4.79 Å². The number of hydrogen-bond acceptors (Lipinski definition) is 4. The molecule has 0 saturated carbocycles. The molecular formula is C20H23ClN2O3S2. The van der Waals surface area contributed by atoms with E-state index in [1.165, 1.54) is 4.31 Å². The van der Waals surface area contributed by atoms with Crippen molar-refractivity contribution in [2.75, 3.05) is 31.9 Å². The number of piperazine rings is 1. The van der Waals surface area contributed by atoms with Crippen molar-refractivity contribution >= 4 is 39.3 Å². The minimum atomic E-state index is -3.19. The zero-order valence-electron chi connectivity index (χ0n) is 15.7. The number of nitrogens with zero attached hydrogens (tertiary/aromatic N) is 2. The second kappa shape index (κ2) is 9.31. The first-order valence-corrected chi connectivity index (χ1v) is 12.1. The fourth-order valence-corrected chi connectivity index (χ4v) is 5.04. The number of benzene rings is 2. The van der Waals surface area contributed by atoms with Gasteiger partial charge in [0, 0.05) is 47.4 Å². The molecule has 0 atom stereocenters. The van der Waals surface area contributed by atoms with Gasteiger partial charge >= 0.3 is 0 Å². The van der Waals surface area contributed by atoms with Gasteiger partial charge in [0.1, 0.15) is 0 Å². The molecule has 0 unspecified atom stereocenters. The Labute approximate surface area is 175 Å². The number of sulfonamides is 1. The van der Waals surface area contributed by atoms with E-state index in [2.05, 4.69) is 0 Å². The molecule has 1 heterocycles. The van der Waals surface area contributed by atoms with Gasteiger partial charge < -0.3 is 4.90 Å². The SMILES string of the molecule is CCS(=O)(=O)N1CCN(C(=O)c2ccc(CSc3ccc(Cl)cc3)cc2)CC1. The zero-order valence-corrected chi connectivity index (χ0v) is 18.1. The molecule has 0 aliphatic carbocycles. The molecule has 0 aromatic heterocycles. The van der Waals surface area contributed by atoms with Gasteiger partial charge in [-0.15, -0.1) is 11.8 Å². The molecule has 3 rings (SSSR count). The molecule has 0 N–H and O–H groups in total. The Balaban J connectivity index is 1.54. The Kier molecular flexibility index (Phi) is 7.04. The average Bonchev–Trinajstić information content (AvgIpc) is 2.73. The van der Waals surface area contributed by atoms with Crippen LogP contribution in [-0.2, 0) is 15.8 Å². The number of thioether (sulfide) groups is 1. The predicted molar refractivity (Wildman–Crippen MR) is 114 cm³/mol. The first-order valence-electron chi connectivity index (χ1n) is 9.13. The first kappa shape index (κ1) is 21.2. The monoisotopic (exact) mass is 438 g/mol. The number of halogens is 1. The maximum atomic E-state index is 12.7. The lowest BCUT2D eigenvalue weighted by molar-refractivity contribution is 0.0698.